The zero-order valence-electron chi connectivity index (χ0n) is 18.4. The summed E-state index contributed by atoms with van der Waals surface area (Å²) in [6.45, 7) is 6.06. The Labute approximate surface area is 175 Å². The Morgan fingerprint density at radius 2 is 1.69 bits per heavy atom. The third-order valence-corrected chi connectivity index (χ3v) is 5.00. The van der Waals surface area contributed by atoms with E-state index < -0.39 is 5.97 Å². The van der Waals surface area contributed by atoms with Crippen LogP contribution in [0.5, 0.6) is 11.5 Å². The van der Waals surface area contributed by atoms with Gasteiger partial charge in [0.2, 0.25) is 0 Å². The average Bonchev–Trinajstić information content (AvgIpc) is 2.69. The second kappa shape index (κ2) is 15.1. The molecule has 29 heavy (non-hydrogen) atoms. The molecule has 1 aromatic rings. The molecule has 0 spiro atoms. The topological polar surface area (TPSA) is 74.2 Å². The SMILES string of the molecule is COCCOCCOc1cc(CCCCCCC(C(=O)O)C(C)C)ccc1OC. The molecular formula is C23H38O6. The highest BCUT2D eigenvalue weighted by Crippen LogP contribution is 2.29. The van der Waals surface area contributed by atoms with E-state index in [9.17, 15) is 9.90 Å². The van der Waals surface area contributed by atoms with Crippen molar-refractivity contribution < 1.29 is 28.8 Å². The van der Waals surface area contributed by atoms with Crippen molar-refractivity contribution in [2.24, 2.45) is 11.8 Å². The molecule has 0 aliphatic rings. The molecule has 0 amide bonds. The Kier molecular flexibility index (Phi) is 13.1. The summed E-state index contributed by atoms with van der Waals surface area (Å²) < 4.78 is 21.6. The summed E-state index contributed by atoms with van der Waals surface area (Å²) in [4.78, 5) is 11.2. The summed E-state index contributed by atoms with van der Waals surface area (Å²) in [6, 6.07) is 6.05. The van der Waals surface area contributed by atoms with Crippen molar-refractivity contribution in [2.75, 3.05) is 40.6 Å². The lowest BCUT2D eigenvalue weighted by atomic mass is 9.90. The quantitative estimate of drug-likeness (QED) is 0.379. The number of carbonyl (C=O) groups is 1. The number of carboxylic acid groups (broad SMARTS) is 1. The highest BCUT2D eigenvalue weighted by Gasteiger charge is 2.20. The standard InChI is InChI=1S/C23H38O6/c1-18(2)20(23(24)25)10-8-6-5-7-9-19-11-12-21(27-4)22(17-19)29-16-15-28-14-13-26-3/h11-12,17-18,20H,5-10,13-16H2,1-4H3,(H,24,25). The Bertz CT molecular complexity index is 572. The fourth-order valence-corrected chi connectivity index (χ4v) is 3.23. The molecule has 0 fully saturated rings. The van der Waals surface area contributed by atoms with Crippen LogP contribution in [0.4, 0.5) is 0 Å². The van der Waals surface area contributed by atoms with E-state index in [4.69, 9.17) is 18.9 Å². The normalized spacial score (nSPS) is 12.2. The van der Waals surface area contributed by atoms with E-state index in [2.05, 4.69) is 6.07 Å². The Hall–Kier alpha value is -1.79. The van der Waals surface area contributed by atoms with E-state index in [0.29, 0.717) is 26.4 Å². The third-order valence-electron chi connectivity index (χ3n) is 5.00. The lowest BCUT2D eigenvalue weighted by Crippen LogP contribution is -2.19. The predicted molar refractivity (Wildman–Crippen MR) is 114 cm³/mol. The molecule has 0 saturated heterocycles. The molecule has 0 bridgehead atoms. The first kappa shape index (κ1) is 25.2. The second-order valence-corrected chi connectivity index (χ2v) is 7.58. The van der Waals surface area contributed by atoms with Crippen LogP contribution in [-0.4, -0.2) is 51.7 Å². The monoisotopic (exact) mass is 410 g/mol. The van der Waals surface area contributed by atoms with Gasteiger partial charge in [-0.15, -0.1) is 0 Å². The maximum Gasteiger partial charge on any atom is 0.306 e. The lowest BCUT2D eigenvalue weighted by Gasteiger charge is -2.15. The van der Waals surface area contributed by atoms with E-state index >= 15 is 0 Å². The van der Waals surface area contributed by atoms with Crippen molar-refractivity contribution in [1.29, 1.82) is 0 Å². The van der Waals surface area contributed by atoms with Gasteiger partial charge in [-0.3, -0.25) is 4.79 Å². The molecule has 6 heteroatoms. The molecular weight excluding hydrogens is 372 g/mol. The van der Waals surface area contributed by atoms with Crippen molar-refractivity contribution >= 4 is 5.97 Å². The van der Waals surface area contributed by atoms with Crippen LogP contribution in [-0.2, 0) is 20.7 Å². The van der Waals surface area contributed by atoms with Gasteiger partial charge in [0.05, 0.1) is 32.8 Å². The summed E-state index contributed by atoms with van der Waals surface area (Å²) >= 11 is 0. The maximum atomic E-state index is 11.2. The second-order valence-electron chi connectivity index (χ2n) is 7.58. The molecule has 0 aliphatic heterocycles. The van der Waals surface area contributed by atoms with Gasteiger partial charge in [0.25, 0.3) is 0 Å². The highest BCUT2D eigenvalue weighted by atomic mass is 16.5. The van der Waals surface area contributed by atoms with Gasteiger partial charge >= 0.3 is 5.97 Å². The zero-order valence-corrected chi connectivity index (χ0v) is 18.4. The van der Waals surface area contributed by atoms with Crippen LogP contribution < -0.4 is 9.47 Å². The van der Waals surface area contributed by atoms with Crippen LogP contribution in [0.3, 0.4) is 0 Å². The molecule has 1 rings (SSSR count). The molecule has 0 saturated carbocycles. The smallest absolute Gasteiger partial charge is 0.306 e. The van der Waals surface area contributed by atoms with Crippen LogP contribution in [0.2, 0.25) is 0 Å². The number of unbranched alkanes of at least 4 members (excludes halogenated alkanes) is 3. The van der Waals surface area contributed by atoms with Crippen molar-refractivity contribution in [3.05, 3.63) is 23.8 Å². The van der Waals surface area contributed by atoms with Gasteiger partial charge in [-0.2, -0.15) is 0 Å². The van der Waals surface area contributed by atoms with Crippen molar-refractivity contribution in [2.45, 2.75) is 52.4 Å². The van der Waals surface area contributed by atoms with E-state index in [1.165, 1.54) is 5.56 Å². The lowest BCUT2D eigenvalue weighted by molar-refractivity contribution is -0.143. The Morgan fingerprint density at radius 3 is 2.34 bits per heavy atom. The number of carboxylic acids is 1. The van der Waals surface area contributed by atoms with Crippen LogP contribution in [0.15, 0.2) is 18.2 Å². The van der Waals surface area contributed by atoms with Crippen molar-refractivity contribution in [3.8, 4) is 11.5 Å². The highest BCUT2D eigenvalue weighted by molar-refractivity contribution is 5.70. The zero-order chi connectivity index (χ0) is 21.5. The number of hydrogen-bond donors (Lipinski definition) is 1. The van der Waals surface area contributed by atoms with E-state index in [-0.39, 0.29) is 11.8 Å². The fraction of sp³-hybridized carbons (Fsp3) is 0.696. The van der Waals surface area contributed by atoms with Gasteiger partial charge < -0.3 is 24.1 Å². The van der Waals surface area contributed by atoms with E-state index in [0.717, 1.165) is 50.0 Å². The van der Waals surface area contributed by atoms with E-state index in [1.54, 1.807) is 14.2 Å². The van der Waals surface area contributed by atoms with Crippen LogP contribution in [0.25, 0.3) is 0 Å². The van der Waals surface area contributed by atoms with Crippen molar-refractivity contribution in [3.63, 3.8) is 0 Å². The molecule has 0 heterocycles. The number of aliphatic carboxylic acids is 1. The number of ether oxygens (including phenoxy) is 4. The number of hydrogen-bond acceptors (Lipinski definition) is 5. The molecule has 0 aromatic heterocycles. The minimum atomic E-state index is -0.671. The van der Waals surface area contributed by atoms with Crippen LogP contribution in [0.1, 0.15) is 51.5 Å². The minimum absolute atomic E-state index is 0.190. The van der Waals surface area contributed by atoms with Crippen molar-refractivity contribution in [1.82, 2.24) is 0 Å². The van der Waals surface area contributed by atoms with Gasteiger partial charge in [0.15, 0.2) is 11.5 Å². The molecule has 1 atom stereocenters. The molecule has 166 valence electrons. The van der Waals surface area contributed by atoms with Gasteiger partial charge in [0, 0.05) is 7.11 Å². The molecule has 0 radical (unpaired) electrons. The Balaban J connectivity index is 2.34. The summed E-state index contributed by atoms with van der Waals surface area (Å²) in [5.74, 6) is 0.751. The first-order valence-corrected chi connectivity index (χ1v) is 10.6. The summed E-state index contributed by atoms with van der Waals surface area (Å²) in [7, 11) is 3.28. The molecule has 1 aromatic carbocycles. The summed E-state index contributed by atoms with van der Waals surface area (Å²) in [5, 5.41) is 9.24. The maximum absolute atomic E-state index is 11.2. The van der Waals surface area contributed by atoms with Gasteiger partial charge in [0.1, 0.15) is 6.61 Å². The minimum Gasteiger partial charge on any atom is -0.493 e. The van der Waals surface area contributed by atoms with Gasteiger partial charge in [-0.25, -0.2) is 0 Å². The van der Waals surface area contributed by atoms with Gasteiger partial charge in [-0.1, -0.05) is 39.2 Å². The van der Waals surface area contributed by atoms with Gasteiger partial charge in [-0.05, 0) is 42.9 Å². The average molecular weight is 411 g/mol. The van der Waals surface area contributed by atoms with Crippen LogP contribution in [0, 0.1) is 11.8 Å². The number of methoxy groups -OCH3 is 2. The summed E-state index contributed by atoms with van der Waals surface area (Å²) in [6.07, 6.45) is 5.94. The van der Waals surface area contributed by atoms with Crippen LogP contribution >= 0.6 is 0 Å². The molecule has 1 N–H and O–H groups in total. The number of aryl methyl sites for hydroxylation is 1. The summed E-state index contributed by atoms with van der Waals surface area (Å²) in [5.41, 5.74) is 1.21. The molecule has 0 aliphatic carbocycles. The largest absolute Gasteiger partial charge is 0.493 e. The number of rotatable bonds is 17. The third kappa shape index (κ3) is 10.5. The Morgan fingerprint density at radius 1 is 0.966 bits per heavy atom. The van der Waals surface area contributed by atoms with E-state index in [1.807, 2.05) is 26.0 Å². The fourth-order valence-electron chi connectivity index (χ4n) is 3.23. The predicted octanol–water partition coefficient (Wildman–Crippen LogP) is 4.59. The molecule has 6 nitrogen and oxygen atoms in total. The first-order chi connectivity index (χ1) is 14.0. The first-order valence-electron chi connectivity index (χ1n) is 10.6. The molecule has 1 unspecified atom stereocenters. The number of benzene rings is 1.